The zero-order valence-corrected chi connectivity index (χ0v) is 18.1. The molecule has 2 aliphatic rings. The first kappa shape index (κ1) is 22.7. The van der Waals surface area contributed by atoms with Gasteiger partial charge in [0.25, 0.3) is 0 Å². The molecule has 0 saturated carbocycles. The van der Waals surface area contributed by atoms with Crippen LogP contribution in [0, 0.1) is 0 Å². The minimum Gasteiger partial charge on any atom is -0.379 e. The van der Waals surface area contributed by atoms with Crippen LogP contribution in [0.4, 0.5) is 0 Å². The van der Waals surface area contributed by atoms with Crippen molar-refractivity contribution in [2.45, 2.75) is 64.4 Å². The van der Waals surface area contributed by atoms with Crippen molar-refractivity contribution in [3.05, 3.63) is 11.6 Å². The average Bonchev–Trinajstić information content (AvgIpc) is 3.12. The van der Waals surface area contributed by atoms with Gasteiger partial charge < -0.3 is 20.1 Å². The Kier molecular flexibility index (Phi) is 13.4. The van der Waals surface area contributed by atoms with Crippen LogP contribution in [0.3, 0.4) is 0 Å². The van der Waals surface area contributed by atoms with Crippen molar-refractivity contribution in [1.29, 1.82) is 0 Å². The number of hydrogen-bond acceptors (Lipinski definition) is 3. The van der Waals surface area contributed by atoms with Crippen molar-refractivity contribution in [2.75, 3.05) is 39.5 Å². The molecule has 1 unspecified atom stereocenters. The van der Waals surface area contributed by atoms with Crippen LogP contribution in [0.1, 0.15) is 58.3 Å². The van der Waals surface area contributed by atoms with Crippen molar-refractivity contribution in [1.82, 2.24) is 10.6 Å². The molecule has 0 aromatic rings. The summed E-state index contributed by atoms with van der Waals surface area (Å²) in [6.45, 7) is 7.14. The molecule has 0 amide bonds. The second kappa shape index (κ2) is 14.8. The molecule has 6 heteroatoms. The van der Waals surface area contributed by atoms with Gasteiger partial charge in [-0.15, -0.1) is 24.0 Å². The maximum atomic E-state index is 5.68. The number of halogens is 1. The first-order valence-corrected chi connectivity index (χ1v) is 9.78. The second-order valence-electron chi connectivity index (χ2n) is 6.61. The molecule has 1 saturated heterocycles. The van der Waals surface area contributed by atoms with E-state index in [1.807, 2.05) is 0 Å². The lowest BCUT2D eigenvalue weighted by atomic mass is 9.97. The van der Waals surface area contributed by atoms with Gasteiger partial charge in [-0.1, -0.05) is 11.6 Å². The van der Waals surface area contributed by atoms with Crippen LogP contribution in [0.2, 0.25) is 0 Å². The van der Waals surface area contributed by atoms with E-state index in [1.54, 1.807) is 5.57 Å². The van der Waals surface area contributed by atoms with Crippen LogP contribution >= 0.6 is 24.0 Å². The fourth-order valence-corrected chi connectivity index (χ4v) is 3.16. The van der Waals surface area contributed by atoms with Crippen LogP contribution in [-0.2, 0) is 9.47 Å². The molecule has 1 fully saturated rings. The average molecular weight is 465 g/mol. The summed E-state index contributed by atoms with van der Waals surface area (Å²) in [5, 5.41) is 6.76. The van der Waals surface area contributed by atoms with E-state index in [9.17, 15) is 0 Å². The number of aliphatic imine (C=N–C) groups is 1. The van der Waals surface area contributed by atoms with Gasteiger partial charge in [-0.05, 0) is 58.3 Å². The predicted octanol–water partition coefficient (Wildman–Crippen LogP) is 3.64. The monoisotopic (exact) mass is 465 g/mol. The van der Waals surface area contributed by atoms with Gasteiger partial charge in [0.05, 0.1) is 12.7 Å². The number of guanidine groups is 1. The Morgan fingerprint density at radius 2 is 2.24 bits per heavy atom. The molecule has 0 aromatic carbocycles. The highest BCUT2D eigenvalue weighted by molar-refractivity contribution is 14.0. The Balaban J connectivity index is 0.00000312. The molecular weight excluding hydrogens is 429 g/mol. The van der Waals surface area contributed by atoms with Gasteiger partial charge in [-0.2, -0.15) is 0 Å². The molecule has 1 heterocycles. The molecule has 0 spiro atoms. The Morgan fingerprint density at radius 1 is 1.32 bits per heavy atom. The topological polar surface area (TPSA) is 54.9 Å². The number of hydrogen-bond donors (Lipinski definition) is 2. The first-order chi connectivity index (χ1) is 11.9. The normalized spacial score (nSPS) is 20.8. The number of nitrogens with zero attached hydrogens (tertiary/aromatic N) is 1. The standard InChI is InChI=1S/C19H35N3O2.HI/c1-2-20-19(22-13-11-17-8-4-3-5-9-17)21-12-7-14-23-16-18-10-6-15-24-18;/h8,18H,2-7,9-16H2,1H3,(H2,20,21,22);1H. The van der Waals surface area contributed by atoms with Gasteiger partial charge in [0.2, 0.25) is 0 Å². The third-order valence-electron chi connectivity index (χ3n) is 4.51. The summed E-state index contributed by atoms with van der Waals surface area (Å²) >= 11 is 0. The Hall–Kier alpha value is -0.340. The SMILES string of the molecule is CCNC(=NCCCOCC1CCCO1)NCCC1=CCCCC1.I. The zero-order chi connectivity index (χ0) is 16.9. The maximum absolute atomic E-state index is 5.68. The molecular formula is C19H36IN3O2. The lowest BCUT2D eigenvalue weighted by molar-refractivity contribution is 0.0171. The van der Waals surface area contributed by atoms with Crippen molar-refractivity contribution in [3.63, 3.8) is 0 Å². The molecule has 0 aromatic heterocycles. The molecule has 0 bridgehead atoms. The number of allylic oxidation sites excluding steroid dienone is 1. The summed E-state index contributed by atoms with van der Waals surface area (Å²) in [4.78, 5) is 4.63. The number of nitrogens with one attached hydrogen (secondary N) is 2. The number of rotatable bonds is 10. The zero-order valence-electron chi connectivity index (χ0n) is 15.7. The Bertz CT molecular complexity index is 396. The molecule has 25 heavy (non-hydrogen) atoms. The Morgan fingerprint density at radius 3 is 2.96 bits per heavy atom. The number of ether oxygens (including phenoxy) is 2. The minimum atomic E-state index is 0. The molecule has 2 rings (SSSR count). The van der Waals surface area contributed by atoms with Crippen LogP contribution in [0.5, 0.6) is 0 Å². The molecule has 5 nitrogen and oxygen atoms in total. The van der Waals surface area contributed by atoms with Crippen LogP contribution < -0.4 is 10.6 Å². The van der Waals surface area contributed by atoms with Crippen molar-refractivity contribution < 1.29 is 9.47 Å². The fraction of sp³-hybridized carbons (Fsp3) is 0.842. The van der Waals surface area contributed by atoms with Crippen LogP contribution in [0.25, 0.3) is 0 Å². The van der Waals surface area contributed by atoms with Crippen LogP contribution in [-0.4, -0.2) is 51.5 Å². The summed E-state index contributed by atoms with van der Waals surface area (Å²) in [6, 6.07) is 0. The molecule has 1 aliphatic carbocycles. The highest BCUT2D eigenvalue weighted by Crippen LogP contribution is 2.19. The van der Waals surface area contributed by atoms with Crippen molar-refractivity contribution in [3.8, 4) is 0 Å². The predicted molar refractivity (Wildman–Crippen MR) is 115 cm³/mol. The lowest BCUT2D eigenvalue weighted by Gasteiger charge is -2.15. The first-order valence-electron chi connectivity index (χ1n) is 9.78. The largest absolute Gasteiger partial charge is 0.379 e. The molecule has 146 valence electrons. The third-order valence-corrected chi connectivity index (χ3v) is 4.51. The highest BCUT2D eigenvalue weighted by atomic mass is 127. The van der Waals surface area contributed by atoms with E-state index in [0.29, 0.717) is 6.10 Å². The van der Waals surface area contributed by atoms with Gasteiger partial charge >= 0.3 is 0 Å². The van der Waals surface area contributed by atoms with E-state index in [1.165, 1.54) is 32.1 Å². The van der Waals surface area contributed by atoms with Gasteiger partial charge in [0.15, 0.2) is 5.96 Å². The van der Waals surface area contributed by atoms with E-state index in [2.05, 4.69) is 28.6 Å². The third kappa shape index (κ3) is 10.4. The van der Waals surface area contributed by atoms with E-state index >= 15 is 0 Å². The quantitative estimate of drug-likeness (QED) is 0.170. The van der Waals surface area contributed by atoms with Gasteiger partial charge in [-0.25, -0.2) is 0 Å². The van der Waals surface area contributed by atoms with Gasteiger partial charge in [0.1, 0.15) is 0 Å². The Labute approximate surface area is 170 Å². The van der Waals surface area contributed by atoms with E-state index in [0.717, 1.165) is 64.7 Å². The minimum absolute atomic E-state index is 0. The molecule has 1 aliphatic heterocycles. The van der Waals surface area contributed by atoms with E-state index < -0.39 is 0 Å². The second-order valence-corrected chi connectivity index (χ2v) is 6.61. The van der Waals surface area contributed by atoms with Crippen molar-refractivity contribution >= 4 is 29.9 Å². The van der Waals surface area contributed by atoms with Gasteiger partial charge in [-0.3, -0.25) is 4.99 Å². The smallest absolute Gasteiger partial charge is 0.191 e. The maximum Gasteiger partial charge on any atom is 0.191 e. The van der Waals surface area contributed by atoms with Crippen molar-refractivity contribution in [2.24, 2.45) is 4.99 Å². The summed E-state index contributed by atoms with van der Waals surface area (Å²) in [5.74, 6) is 0.924. The fourth-order valence-electron chi connectivity index (χ4n) is 3.16. The van der Waals surface area contributed by atoms with E-state index in [4.69, 9.17) is 9.47 Å². The lowest BCUT2D eigenvalue weighted by Crippen LogP contribution is -2.38. The highest BCUT2D eigenvalue weighted by Gasteiger charge is 2.14. The van der Waals surface area contributed by atoms with Crippen LogP contribution in [0.15, 0.2) is 16.6 Å². The molecule has 1 atom stereocenters. The summed E-state index contributed by atoms with van der Waals surface area (Å²) in [5.41, 5.74) is 1.60. The summed E-state index contributed by atoms with van der Waals surface area (Å²) < 4.78 is 11.2. The molecule has 0 radical (unpaired) electrons. The van der Waals surface area contributed by atoms with E-state index in [-0.39, 0.29) is 24.0 Å². The summed E-state index contributed by atoms with van der Waals surface area (Å²) in [6.07, 6.45) is 12.4. The van der Waals surface area contributed by atoms with Gasteiger partial charge in [0, 0.05) is 32.8 Å². The molecule has 2 N–H and O–H groups in total. The summed E-state index contributed by atoms with van der Waals surface area (Å²) in [7, 11) is 0.